The number of ether oxygens (including phenoxy) is 3. The van der Waals surface area contributed by atoms with Crippen molar-refractivity contribution in [2.75, 3.05) is 13.2 Å². The molecule has 1 saturated heterocycles. The zero-order chi connectivity index (χ0) is 13.1. The topological polar surface area (TPSA) is 68.2 Å². The molecule has 2 N–H and O–H groups in total. The van der Waals surface area contributed by atoms with Gasteiger partial charge in [-0.3, -0.25) is 0 Å². The van der Waals surface area contributed by atoms with Gasteiger partial charge < -0.3 is 24.4 Å². The molecule has 0 radical (unpaired) electrons. The van der Waals surface area contributed by atoms with Crippen LogP contribution in [0.4, 0.5) is 0 Å². The maximum Gasteiger partial charge on any atom is 0.186 e. The summed E-state index contributed by atoms with van der Waals surface area (Å²) in [6, 6.07) is 0. The summed E-state index contributed by atoms with van der Waals surface area (Å²) in [5.41, 5.74) is -0.456. The number of aliphatic hydroxyl groups excluding tert-OH is 2. The van der Waals surface area contributed by atoms with Gasteiger partial charge in [-0.05, 0) is 20.8 Å². The van der Waals surface area contributed by atoms with Crippen LogP contribution >= 0.6 is 0 Å². The maximum absolute atomic E-state index is 9.91. The van der Waals surface area contributed by atoms with Crippen LogP contribution in [-0.4, -0.2) is 53.6 Å². The average Bonchev–Trinajstić information content (AvgIpc) is 2.22. The summed E-state index contributed by atoms with van der Waals surface area (Å²) in [5, 5.41) is 19.5. The van der Waals surface area contributed by atoms with Crippen LogP contribution in [-0.2, 0) is 14.2 Å². The Hall–Kier alpha value is -0.460. The minimum absolute atomic E-state index is 0.0347. The lowest BCUT2D eigenvalue weighted by molar-refractivity contribution is -0.294. The van der Waals surface area contributed by atoms with E-state index in [-0.39, 0.29) is 6.61 Å². The Morgan fingerprint density at radius 1 is 1.41 bits per heavy atom. The summed E-state index contributed by atoms with van der Waals surface area (Å²) in [6.45, 7) is 9.48. The second-order valence-electron chi connectivity index (χ2n) is 5.08. The van der Waals surface area contributed by atoms with E-state index in [1.807, 2.05) is 20.8 Å². The number of hydrogen-bond donors (Lipinski definition) is 2. The predicted molar refractivity (Wildman–Crippen MR) is 62.5 cm³/mol. The Bertz CT molecular complexity index is 248. The van der Waals surface area contributed by atoms with E-state index in [0.717, 1.165) is 0 Å². The molecule has 1 heterocycles. The lowest BCUT2D eigenvalue weighted by Gasteiger charge is -2.40. The van der Waals surface area contributed by atoms with Crippen LogP contribution in [0.5, 0.6) is 0 Å². The van der Waals surface area contributed by atoms with E-state index in [9.17, 15) is 10.2 Å². The molecule has 1 rings (SSSR count). The van der Waals surface area contributed by atoms with Crippen LogP contribution in [0.1, 0.15) is 20.8 Å². The Balaban J connectivity index is 2.69. The molecule has 0 aromatic rings. The molecule has 5 nitrogen and oxygen atoms in total. The van der Waals surface area contributed by atoms with Crippen LogP contribution in [0.3, 0.4) is 0 Å². The molecule has 0 bridgehead atoms. The van der Waals surface area contributed by atoms with Crippen LogP contribution in [0.25, 0.3) is 0 Å². The van der Waals surface area contributed by atoms with E-state index < -0.39 is 30.2 Å². The Morgan fingerprint density at radius 2 is 2.06 bits per heavy atom. The molecule has 0 unspecified atom stereocenters. The van der Waals surface area contributed by atoms with Gasteiger partial charge in [0.25, 0.3) is 0 Å². The Kier molecular flexibility index (Phi) is 5.09. The minimum Gasteiger partial charge on any atom is -0.388 e. The quantitative estimate of drug-likeness (QED) is 0.705. The third-order valence-electron chi connectivity index (χ3n) is 2.30. The molecule has 0 aliphatic carbocycles. The van der Waals surface area contributed by atoms with Crippen molar-refractivity contribution in [2.45, 2.75) is 51.0 Å². The van der Waals surface area contributed by atoms with Crippen molar-refractivity contribution in [1.29, 1.82) is 0 Å². The first-order valence-electron chi connectivity index (χ1n) is 5.73. The molecule has 4 atom stereocenters. The van der Waals surface area contributed by atoms with Crippen molar-refractivity contribution in [1.82, 2.24) is 0 Å². The minimum atomic E-state index is -1.02. The third-order valence-corrected chi connectivity index (χ3v) is 2.30. The van der Waals surface area contributed by atoms with E-state index >= 15 is 0 Å². The van der Waals surface area contributed by atoms with Crippen molar-refractivity contribution in [3.8, 4) is 0 Å². The second kappa shape index (κ2) is 5.93. The summed E-state index contributed by atoms with van der Waals surface area (Å²) in [6.07, 6.45) is -1.78. The predicted octanol–water partition coefficient (Wildman–Crippen LogP) is 0.451. The molecule has 0 aromatic heterocycles. The van der Waals surface area contributed by atoms with Crippen molar-refractivity contribution in [3.63, 3.8) is 0 Å². The fourth-order valence-electron chi connectivity index (χ4n) is 1.61. The summed E-state index contributed by atoms with van der Waals surface area (Å²) >= 11 is 0. The number of hydrogen-bond acceptors (Lipinski definition) is 5. The van der Waals surface area contributed by atoms with Crippen molar-refractivity contribution < 1.29 is 24.4 Å². The molecule has 1 aliphatic heterocycles. The van der Waals surface area contributed by atoms with E-state index in [4.69, 9.17) is 14.2 Å². The summed E-state index contributed by atoms with van der Waals surface area (Å²) in [5.74, 6) is 0. The molecule has 0 spiro atoms. The van der Waals surface area contributed by atoms with E-state index in [2.05, 4.69) is 6.58 Å². The second-order valence-corrected chi connectivity index (χ2v) is 5.08. The van der Waals surface area contributed by atoms with Gasteiger partial charge >= 0.3 is 0 Å². The molecular formula is C12H22O5. The molecular weight excluding hydrogens is 224 g/mol. The van der Waals surface area contributed by atoms with Gasteiger partial charge in [0.05, 0.1) is 18.8 Å². The molecule has 0 amide bonds. The first-order chi connectivity index (χ1) is 7.85. The monoisotopic (exact) mass is 246 g/mol. The highest BCUT2D eigenvalue weighted by Gasteiger charge is 2.42. The Morgan fingerprint density at radius 3 is 2.59 bits per heavy atom. The number of aliphatic hydroxyl groups is 2. The fraction of sp³-hybridized carbons (Fsp3) is 0.833. The maximum atomic E-state index is 9.91. The van der Waals surface area contributed by atoms with Gasteiger partial charge in [-0.15, -0.1) is 6.58 Å². The van der Waals surface area contributed by atoms with Crippen LogP contribution in [0.15, 0.2) is 12.7 Å². The smallest absolute Gasteiger partial charge is 0.186 e. The van der Waals surface area contributed by atoms with Gasteiger partial charge in [-0.1, -0.05) is 6.08 Å². The molecule has 0 saturated carbocycles. The van der Waals surface area contributed by atoms with Gasteiger partial charge in [0.1, 0.15) is 18.3 Å². The van der Waals surface area contributed by atoms with Gasteiger partial charge in [0.2, 0.25) is 0 Å². The zero-order valence-electron chi connectivity index (χ0n) is 10.6. The van der Waals surface area contributed by atoms with Gasteiger partial charge in [0.15, 0.2) is 6.29 Å². The molecule has 17 heavy (non-hydrogen) atoms. The van der Waals surface area contributed by atoms with Crippen molar-refractivity contribution in [3.05, 3.63) is 12.7 Å². The van der Waals surface area contributed by atoms with E-state index in [0.29, 0.717) is 6.61 Å². The first-order valence-corrected chi connectivity index (χ1v) is 5.73. The molecule has 1 fully saturated rings. The summed E-state index contributed by atoms with van der Waals surface area (Å²) < 4.78 is 16.4. The lowest BCUT2D eigenvalue weighted by atomic mass is 10.0. The Labute approximate surface area is 102 Å². The fourth-order valence-corrected chi connectivity index (χ4v) is 1.61. The molecule has 0 aromatic carbocycles. The van der Waals surface area contributed by atoms with E-state index in [1.165, 1.54) is 0 Å². The van der Waals surface area contributed by atoms with Crippen LogP contribution in [0, 0.1) is 0 Å². The van der Waals surface area contributed by atoms with Gasteiger partial charge in [-0.25, -0.2) is 0 Å². The standard InChI is InChI=1S/C12H22O5/c1-5-6-15-11-10(17-12(2,3)4)9(14)8(13)7-16-11/h5,8-11,13-14H,1,6-7H2,2-4H3/t8-,9+,10+,11+/m1/s1. The molecule has 100 valence electrons. The zero-order valence-corrected chi connectivity index (χ0v) is 10.6. The van der Waals surface area contributed by atoms with Crippen LogP contribution in [0.2, 0.25) is 0 Å². The normalized spacial score (nSPS) is 34.6. The average molecular weight is 246 g/mol. The first kappa shape index (κ1) is 14.6. The van der Waals surface area contributed by atoms with Gasteiger partial charge in [0, 0.05) is 0 Å². The van der Waals surface area contributed by atoms with Crippen LogP contribution < -0.4 is 0 Å². The molecule has 5 heteroatoms. The van der Waals surface area contributed by atoms with E-state index in [1.54, 1.807) is 6.08 Å². The SMILES string of the molecule is C=CCO[C@H]1OC[C@@H](O)[C@H](O)[C@@H]1OC(C)(C)C. The summed E-state index contributed by atoms with van der Waals surface area (Å²) in [7, 11) is 0. The molecule has 1 aliphatic rings. The summed E-state index contributed by atoms with van der Waals surface area (Å²) in [4.78, 5) is 0. The highest BCUT2D eigenvalue weighted by Crippen LogP contribution is 2.24. The third kappa shape index (κ3) is 4.37. The van der Waals surface area contributed by atoms with Crippen molar-refractivity contribution in [2.24, 2.45) is 0 Å². The highest BCUT2D eigenvalue weighted by atomic mass is 16.7. The highest BCUT2D eigenvalue weighted by molar-refractivity contribution is 4.86. The number of rotatable bonds is 4. The van der Waals surface area contributed by atoms with Crippen molar-refractivity contribution >= 4 is 0 Å². The lowest BCUT2D eigenvalue weighted by Crippen LogP contribution is -2.56. The largest absolute Gasteiger partial charge is 0.388 e. The van der Waals surface area contributed by atoms with Gasteiger partial charge in [-0.2, -0.15) is 0 Å².